The van der Waals surface area contributed by atoms with Crippen molar-refractivity contribution in [3.8, 4) is 17.4 Å². The van der Waals surface area contributed by atoms with Crippen molar-refractivity contribution >= 4 is 27.1 Å². The summed E-state index contributed by atoms with van der Waals surface area (Å²) in [7, 11) is 13.9. The van der Waals surface area contributed by atoms with Crippen LogP contribution >= 0.6 is 0 Å². The van der Waals surface area contributed by atoms with E-state index in [1.54, 1.807) is 36.4 Å². The molecule has 1 aromatic heterocycles. The summed E-state index contributed by atoms with van der Waals surface area (Å²) < 4.78 is 10.7. The van der Waals surface area contributed by atoms with Crippen LogP contribution in [-0.2, 0) is 0 Å². The van der Waals surface area contributed by atoms with Gasteiger partial charge in [-0.2, -0.15) is 0 Å². The maximum absolute atomic E-state index is 9.76. The smallest absolute Gasteiger partial charge is 0.216 e. The Labute approximate surface area is 131 Å². The van der Waals surface area contributed by atoms with Crippen molar-refractivity contribution in [3.63, 3.8) is 0 Å². The van der Waals surface area contributed by atoms with Crippen molar-refractivity contribution in [3.05, 3.63) is 36.0 Å². The fourth-order valence-electron chi connectivity index (χ4n) is 2.55. The normalized spacial score (nSPS) is 15.8. The lowest BCUT2D eigenvalue weighted by atomic mass is 9.60. The summed E-state index contributed by atoms with van der Waals surface area (Å²) >= 11 is 0. The third kappa shape index (κ3) is 2.36. The number of methoxy groups -OCH3 is 1. The number of aromatic nitrogens is 1. The van der Waals surface area contributed by atoms with Crippen LogP contribution in [0.2, 0.25) is 0 Å². The molecule has 2 aromatic rings. The molecule has 1 aromatic carbocycles. The van der Waals surface area contributed by atoms with E-state index in [0.29, 0.717) is 23.0 Å². The summed E-state index contributed by atoms with van der Waals surface area (Å²) in [6, 6.07) is 6.66. The van der Waals surface area contributed by atoms with Gasteiger partial charge in [-0.3, -0.25) is 0 Å². The van der Waals surface area contributed by atoms with Crippen LogP contribution in [0.1, 0.15) is 5.56 Å². The van der Waals surface area contributed by atoms with E-state index in [0.717, 1.165) is 5.56 Å². The second-order valence-electron chi connectivity index (χ2n) is 5.29. The average Bonchev–Trinajstić information content (AvgIpc) is 2.46. The summed E-state index contributed by atoms with van der Waals surface area (Å²) in [5.41, 5.74) is 2.13. The number of aryl methyl sites for hydroxylation is 1. The maximum atomic E-state index is 9.76. The molecule has 0 amide bonds. The molecule has 1 aliphatic heterocycles. The zero-order valence-electron chi connectivity index (χ0n) is 12.4. The lowest BCUT2D eigenvalue weighted by molar-refractivity contribution is 0.285. The van der Waals surface area contributed by atoms with Gasteiger partial charge in [0, 0.05) is 17.0 Å². The second kappa shape index (κ2) is 5.16. The zero-order chi connectivity index (χ0) is 15.9. The monoisotopic (exact) mass is 292 g/mol. The summed E-state index contributed by atoms with van der Waals surface area (Å²) in [4.78, 5) is 5.95. The minimum absolute atomic E-state index is 0.100. The first kappa shape index (κ1) is 14.6. The van der Waals surface area contributed by atoms with Gasteiger partial charge < -0.3 is 19.5 Å². The van der Waals surface area contributed by atoms with Gasteiger partial charge in [0.25, 0.3) is 0 Å². The number of phenols is 1. The van der Waals surface area contributed by atoms with Crippen LogP contribution in [-0.4, -0.2) is 44.8 Å². The third-order valence-corrected chi connectivity index (χ3v) is 3.53. The molecule has 0 spiro atoms. The highest BCUT2D eigenvalue weighted by atomic mass is 16.5. The Hall–Kier alpha value is -2.30. The minimum atomic E-state index is -1.26. The van der Waals surface area contributed by atoms with Crippen LogP contribution in [0.25, 0.3) is 0 Å². The van der Waals surface area contributed by atoms with Crippen molar-refractivity contribution in [2.75, 3.05) is 18.6 Å². The first-order valence-electron chi connectivity index (χ1n) is 6.77. The highest BCUT2D eigenvalue weighted by molar-refractivity contribution is 6.43. The van der Waals surface area contributed by atoms with Crippen molar-refractivity contribution in [1.29, 1.82) is 0 Å². The number of nitrogens with zero attached hydrogens (tertiary/aromatic N) is 2. The SMILES string of the molecule is [B]C1([B])COc2ccc(O)cc2N1c1cnc(OC)c(C)c1. The lowest BCUT2D eigenvalue weighted by Gasteiger charge is -2.45. The molecule has 1 N–H and O–H groups in total. The molecule has 0 fully saturated rings. The average molecular weight is 292 g/mol. The van der Waals surface area contributed by atoms with Crippen molar-refractivity contribution < 1.29 is 14.6 Å². The van der Waals surface area contributed by atoms with Crippen LogP contribution in [0.15, 0.2) is 30.5 Å². The van der Waals surface area contributed by atoms with E-state index in [9.17, 15) is 5.11 Å². The van der Waals surface area contributed by atoms with Crippen LogP contribution in [0.5, 0.6) is 17.4 Å². The fraction of sp³-hybridized carbons (Fsp3) is 0.267. The molecular formula is C15H14B2N2O3. The molecule has 2 heterocycles. The van der Waals surface area contributed by atoms with Gasteiger partial charge in [-0.1, -0.05) is 0 Å². The Morgan fingerprint density at radius 3 is 2.82 bits per heavy atom. The number of anilines is 2. The standard InChI is InChI=1S/C15H14B2N2O3/c1-9-5-10(7-18-14(9)21-2)19-12-6-11(20)3-4-13(12)22-8-15(19,16)17/h3-7,20H,8H2,1-2H3. The van der Waals surface area contributed by atoms with Gasteiger partial charge in [0.1, 0.15) is 11.5 Å². The number of benzene rings is 1. The van der Waals surface area contributed by atoms with Gasteiger partial charge in [-0.25, -0.2) is 4.98 Å². The van der Waals surface area contributed by atoms with Crippen LogP contribution in [0.4, 0.5) is 11.4 Å². The van der Waals surface area contributed by atoms with Crippen LogP contribution in [0, 0.1) is 6.92 Å². The van der Waals surface area contributed by atoms with E-state index in [4.69, 9.17) is 25.2 Å². The molecule has 0 atom stereocenters. The molecule has 22 heavy (non-hydrogen) atoms. The number of hydrogen-bond acceptors (Lipinski definition) is 5. The molecule has 0 aliphatic carbocycles. The molecule has 0 saturated carbocycles. The van der Waals surface area contributed by atoms with E-state index in [-0.39, 0.29) is 12.4 Å². The maximum Gasteiger partial charge on any atom is 0.216 e. The van der Waals surface area contributed by atoms with Crippen molar-refractivity contribution in [2.45, 2.75) is 12.3 Å². The minimum Gasteiger partial charge on any atom is -0.508 e. The molecule has 0 bridgehead atoms. The first-order chi connectivity index (χ1) is 10.4. The van der Waals surface area contributed by atoms with Gasteiger partial charge in [0.15, 0.2) is 0 Å². The molecule has 0 saturated heterocycles. The summed E-state index contributed by atoms with van der Waals surface area (Å²) in [5, 5.41) is 8.50. The Balaban J connectivity index is 2.15. The molecule has 0 unspecified atom stereocenters. The molecule has 5 nitrogen and oxygen atoms in total. The van der Waals surface area contributed by atoms with Crippen molar-refractivity contribution in [1.82, 2.24) is 4.98 Å². The molecule has 4 radical (unpaired) electrons. The number of hydrogen-bond donors (Lipinski definition) is 1. The molecule has 3 rings (SSSR count). The van der Waals surface area contributed by atoms with Crippen LogP contribution < -0.4 is 14.4 Å². The first-order valence-corrected chi connectivity index (χ1v) is 6.77. The highest BCUT2D eigenvalue weighted by Gasteiger charge is 2.35. The Morgan fingerprint density at radius 1 is 1.36 bits per heavy atom. The number of pyridine rings is 1. The van der Waals surface area contributed by atoms with E-state index in [1.807, 2.05) is 13.0 Å². The molecular weight excluding hydrogens is 278 g/mol. The summed E-state index contributed by atoms with van der Waals surface area (Å²) in [5.74, 6) is 1.23. The van der Waals surface area contributed by atoms with Gasteiger partial charge in [0.05, 0.1) is 47.0 Å². The predicted octanol–water partition coefficient (Wildman–Crippen LogP) is 1.63. The number of ether oxygens (including phenoxy) is 2. The largest absolute Gasteiger partial charge is 0.508 e. The summed E-state index contributed by atoms with van der Waals surface area (Å²) in [6.07, 6.45) is 1.62. The Bertz CT molecular complexity index is 722. The number of aromatic hydroxyl groups is 1. The van der Waals surface area contributed by atoms with Gasteiger partial charge in [-0.05, 0) is 25.1 Å². The van der Waals surface area contributed by atoms with E-state index in [2.05, 4.69) is 4.98 Å². The van der Waals surface area contributed by atoms with Gasteiger partial charge >= 0.3 is 0 Å². The second-order valence-corrected chi connectivity index (χ2v) is 5.29. The predicted molar refractivity (Wildman–Crippen MR) is 85.5 cm³/mol. The lowest BCUT2D eigenvalue weighted by Crippen LogP contribution is -2.54. The van der Waals surface area contributed by atoms with E-state index < -0.39 is 5.34 Å². The summed E-state index contributed by atoms with van der Waals surface area (Å²) in [6.45, 7) is 1.99. The van der Waals surface area contributed by atoms with E-state index >= 15 is 0 Å². The Kier molecular flexibility index (Phi) is 3.43. The topological polar surface area (TPSA) is 54.8 Å². The van der Waals surface area contributed by atoms with Gasteiger partial charge in [0.2, 0.25) is 5.88 Å². The fourth-order valence-corrected chi connectivity index (χ4v) is 2.55. The number of rotatable bonds is 2. The molecule has 7 heteroatoms. The van der Waals surface area contributed by atoms with Gasteiger partial charge in [-0.15, -0.1) is 0 Å². The zero-order valence-corrected chi connectivity index (χ0v) is 12.4. The number of fused-ring (bicyclic) bond motifs is 1. The molecule has 1 aliphatic rings. The molecule has 108 valence electrons. The van der Waals surface area contributed by atoms with Crippen molar-refractivity contribution in [2.24, 2.45) is 0 Å². The Morgan fingerprint density at radius 2 is 2.14 bits per heavy atom. The van der Waals surface area contributed by atoms with Crippen LogP contribution in [0.3, 0.4) is 0 Å². The number of phenolic OH excluding ortho intramolecular Hbond substituents is 1. The van der Waals surface area contributed by atoms with E-state index in [1.165, 1.54) is 0 Å². The highest BCUT2D eigenvalue weighted by Crippen LogP contribution is 2.43. The third-order valence-electron chi connectivity index (χ3n) is 3.53. The quantitative estimate of drug-likeness (QED) is 0.852.